The van der Waals surface area contributed by atoms with Gasteiger partial charge in [-0.15, -0.1) is 0 Å². The Labute approximate surface area is 115 Å². The van der Waals surface area contributed by atoms with Crippen LogP contribution in [0.5, 0.6) is 0 Å². The van der Waals surface area contributed by atoms with E-state index in [-0.39, 0.29) is 24.4 Å². The Hall–Kier alpha value is -1.61. The molecule has 0 saturated heterocycles. The van der Waals surface area contributed by atoms with Crippen LogP contribution in [0.25, 0.3) is 0 Å². The van der Waals surface area contributed by atoms with Crippen molar-refractivity contribution in [1.29, 1.82) is 5.26 Å². The zero-order chi connectivity index (χ0) is 14.8. The average Bonchev–Trinajstić information content (AvgIpc) is 2.31. The van der Waals surface area contributed by atoms with Crippen LogP contribution in [-0.4, -0.2) is 61.4 Å². The normalized spacial score (nSPS) is 10.4. The molecule has 0 aliphatic rings. The maximum absolute atomic E-state index is 11.7. The number of carbonyl (C=O) groups is 2. The highest BCUT2D eigenvalue weighted by atomic mass is 16.2. The van der Waals surface area contributed by atoms with Crippen LogP contribution < -0.4 is 5.32 Å². The van der Waals surface area contributed by atoms with E-state index in [9.17, 15) is 9.59 Å². The van der Waals surface area contributed by atoms with Gasteiger partial charge in [-0.3, -0.25) is 14.5 Å². The number of hydrogen-bond donors (Lipinski definition) is 1. The van der Waals surface area contributed by atoms with Crippen molar-refractivity contribution in [3.63, 3.8) is 0 Å². The standard InChI is InChI=1S/C13H24N4O2/c1-11(2)15-12(18)10-16(3)9-6-13(19)17(4)8-5-7-14/h11H,5-6,8-10H2,1-4H3,(H,15,18). The van der Waals surface area contributed by atoms with Crippen molar-refractivity contribution in [2.45, 2.75) is 32.7 Å². The lowest BCUT2D eigenvalue weighted by Crippen LogP contribution is -2.39. The lowest BCUT2D eigenvalue weighted by atomic mass is 10.3. The van der Waals surface area contributed by atoms with Crippen molar-refractivity contribution in [3.8, 4) is 6.07 Å². The third-order valence-corrected chi connectivity index (χ3v) is 2.56. The van der Waals surface area contributed by atoms with E-state index in [1.807, 2.05) is 31.9 Å². The second-order valence-electron chi connectivity index (χ2n) is 4.93. The van der Waals surface area contributed by atoms with Gasteiger partial charge in [-0.1, -0.05) is 0 Å². The Balaban J connectivity index is 3.89. The van der Waals surface area contributed by atoms with Gasteiger partial charge in [0.25, 0.3) is 0 Å². The number of rotatable bonds is 8. The highest BCUT2D eigenvalue weighted by Crippen LogP contribution is 1.95. The first-order valence-corrected chi connectivity index (χ1v) is 6.45. The number of nitrogens with one attached hydrogen (secondary N) is 1. The fourth-order valence-electron chi connectivity index (χ4n) is 1.51. The fraction of sp³-hybridized carbons (Fsp3) is 0.769. The van der Waals surface area contributed by atoms with Crippen LogP contribution in [0.15, 0.2) is 0 Å². The second-order valence-corrected chi connectivity index (χ2v) is 4.93. The van der Waals surface area contributed by atoms with Crippen molar-refractivity contribution in [3.05, 3.63) is 0 Å². The molecule has 19 heavy (non-hydrogen) atoms. The van der Waals surface area contributed by atoms with Crippen LogP contribution >= 0.6 is 0 Å². The quantitative estimate of drug-likeness (QED) is 0.682. The SMILES string of the molecule is CC(C)NC(=O)CN(C)CCC(=O)N(C)CCC#N. The van der Waals surface area contributed by atoms with Gasteiger partial charge in [-0.05, 0) is 20.9 Å². The smallest absolute Gasteiger partial charge is 0.234 e. The molecule has 0 rings (SSSR count). The summed E-state index contributed by atoms with van der Waals surface area (Å²) in [5.41, 5.74) is 0. The highest BCUT2D eigenvalue weighted by molar-refractivity contribution is 5.78. The lowest BCUT2D eigenvalue weighted by Gasteiger charge is -2.20. The summed E-state index contributed by atoms with van der Waals surface area (Å²) >= 11 is 0. The highest BCUT2D eigenvalue weighted by Gasteiger charge is 2.12. The first-order valence-electron chi connectivity index (χ1n) is 6.45. The predicted octanol–water partition coefficient (Wildman–Crippen LogP) is 0.205. The summed E-state index contributed by atoms with van der Waals surface area (Å²) in [6.07, 6.45) is 0.697. The van der Waals surface area contributed by atoms with Gasteiger partial charge >= 0.3 is 0 Å². The van der Waals surface area contributed by atoms with Crippen LogP contribution in [0, 0.1) is 11.3 Å². The number of hydrogen-bond acceptors (Lipinski definition) is 4. The molecule has 0 aliphatic heterocycles. The van der Waals surface area contributed by atoms with Gasteiger partial charge in [0.1, 0.15) is 0 Å². The summed E-state index contributed by atoms with van der Waals surface area (Å²) in [4.78, 5) is 26.6. The van der Waals surface area contributed by atoms with Crippen LogP contribution in [0.3, 0.4) is 0 Å². The van der Waals surface area contributed by atoms with E-state index in [2.05, 4.69) is 5.32 Å². The van der Waals surface area contributed by atoms with E-state index >= 15 is 0 Å². The zero-order valence-electron chi connectivity index (χ0n) is 12.3. The molecule has 6 heteroatoms. The molecule has 1 N–H and O–H groups in total. The van der Waals surface area contributed by atoms with Gasteiger partial charge in [-0.25, -0.2) is 0 Å². The molecule has 0 aromatic rings. The molecule has 0 spiro atoms. The van der Waals surface area contributed by atoms with Crippen molar-refractivity contribution >= 4 is 11.8 Å². The van der Waals surface area contributed by atoms with Crippen LogP contribution in [-0.2, 0) is 9.59 Å². The fourth-order valence-corrected chi connectivity index (χ4v) is 1.51. The van der Waals surface area contributed by atoms with E-state index in [0.29, 0.717) is 25.9 Å². The molecule has 0 aliphatic carbocycles. The molecule has 0 saturated carbocycles. The molecule has 0 heterocycles. The van der Waals surface area contributed by atoms with Crippen LogP contribution in [0.2, 0.25) is 0 Å². The van der Waals surface area contributed by atoms with E-state index in [1.54, 1.807) is 11.9 Å². The van der Waals surface area contributed by atoms with E-state index in [1.165, 1.54) is 0 Å². The van der Waals surface area contributed by atoms with Gasteiger partial charge in [0.2, 0.25) is 11.8 Å². The maximum atomic E-state index is 11.7. The monoisotopic (exact) mass is 268 g/mol. The first kappa shape index (κ1) is 17.4. The minimum Gasteiger partial charge on any atom is -0.353 e. The molecule has 0 fully saturated rings. The molecule has 0 radical (unpaired) electrons. The van der Waals surface area contributed by atoms with E-state index in [0.717, 1.165) is 0 Å². The summed E-state index contributed by atoms with van der Waals surface area (Å²) in [6, 6.07) is 2.13. The number of nitriles is 1. The molecule has 0 aromatic heterocycles. The summed E-state index contributed by atoms with van der Waals surface area (Å²) in [5, 5.41) is 11.2. The Morgan fingerprint density at radius 2 is 1.89 bits per heavy atom. The number of nitrogens with zero attached hydrogens (tertiary/aromatic N) is 3. The van der Waals surface area contributed by atoms with Crippen molar-refractivity contribution < 1.29 is 9.59 Å². The average molecular weight is 268 g/mol. The minimum atomic E-state index is -0.0391. The molecule has 6 nitrogen and oxygen atoms in total. The van der Waals surface area contributed by atoms with Gasteiger partial charge in [0.05, 0.1) is 19.0 Å². The van der Waals surface area contributed by atoms with E-state index < -0.39 is 0 Å². The van der Waals surface area contributed by atoms with Gasteiger partial charge in [0, 0.05) is 32.6 Å². The molecule has 0 atom stereocenters. The Morgan fingerprint density at radius 1 is 1.26 bits per heavy atom. The van der Waals surface area contributed by atoms with Crippen molar-refractivity contribution in [2.75, 3.05) is 33.7 Å². The van der Waals surface area contributed by atoms with Crippen molar-refractivity contribution in [2.24, 2.45) is 0 Å². The molecule has 2 amide bonds. The van der Waals surface area contributed by atoms with E-state index in [4.69, 9.17) is 5.26 Å². The molecular weight excluding hydrogens is 244 g/mol. The van der Waals surface area contributed by atoms with Gasteiger partial charge in [-0.2, -0.15) is 5.26 Å². The van der Waals surface area contributed by atoms with Crippen LogP contribution in [0.4, 0.5) is 0 Å². The molecule has 0 unspecified atom stereocenters. The number of amides is 2. The Morgan fingerprint density at radius 3 is 2.42 bits per heavy atom. The number of likely N-dealkylation sites (N-methyl/N-ethyl adjacent to an activating group) is 1. The maximum Gasteiger partial charge on any atom is 0.234 e. The van der Waals surface area contributed by atoms with Crippen LogP contribution in [0.1, 0.15) is 26.7 Å². The topological polar surface area (TPSA) is 76.4 Å². The van der Waals surface area contributed by atoms with Crippen molar-refractivity contribution in [1.82, 2.24) is 15.1 Å². The third kappa shape index (κ3) is 9.03. The molecule has 0 bridgehead atoms. The lowest BCUT2D eigenvalue weighted by molar-refractivity contribution is -0.130. The Kier molecular flexibility index (Phi) is 8.55. The Bertz CT molecular complexity index is 336. The summed E-state index contributed by atoms with van der Waals surface area (Å²) in [5.74, 6) is -0.0471. The molecule has 0 aromatic carbocycles. The van der Waals surface area contributed by atoms with Gasteiger partial charge in [0.15, 0.2) is 0 Å². The summed E-state index contributed by atoms with van der Waals surface area (Å²) < 4.78 is 0. The first-order chi connectivity index (χ1) is 8.86. The largest absolute Gasteiger partial charge is 0.353 e. The zero-order valence-corrected chi connectivity index (χ0v) is 12.3. The molecule has 108 valence electrons. The number of carbonyl (C=O) groups excluding carboxylic acids is 2. The molecular formula is C13H24N4O2. The van der Waals surface area contributed by atoms with Gasteiger partial charge < -0.3 is 10.2 Å². The summed E-state index contributed by atoms with van der Waals surface area (Å²) in [7, 11) is 3.49. The minimum absolute atomic E-state index is 0.00799. The predicted molar refractivity (Wildman–Crippen MR) is 73.3 cm³/mol. The third-order valence-electron chi connectivity index (χ3n) is 2.56. The summed E-state index contributed by atoms with van der Waals surface area (Å²) in [6.45, 7) is 5.08. The second kappa shape index (κ2) is 9.34.